The maximum absolute atomic E-state index is 8.59. The second-order valence-electron chi connectivity index (χ2n) is 2.33. The monoisotopic (exact) mass is 165 g/mol. The van der Waals surface area contributed by atoms with Crippen molar-refractivity contribution in [3.8, 4) is 0 Å². The molecule has 0 aromatic heterocycles. The Kier molecular flexibility index (Phi) is 1.58. The summed E-state index contributed by atoms with van der Waals surface area (Å²) >= 11 is 1.71. The minimum atomic E-state index is 0.783. The largest absolute Gasteiger partial charge is 0.411 e. The molecule has 1 aromatic carbocycles. The van der Waals surface area contributed by atoms with Crippen LogP contribution in [-0.2, 0) is 0 Å². The molecule has 0 amide bonds. The van der Waals surface area contributed by atoms with Crippen LogP contribution in [0.25, 0.3) is 0 Å². The maximum Gasteiger partial charge on any atom is 0.0981 e. The minimum Gasteiger partial charge on any atom is -0.411 e. The zero-order valence-corrected chi connectivity index (χ0v) is 6.64. The van der Waals surface area contributed by atoms with Gasteiger partial charge in [-0.1, -0.05) is 23.4 Å². The van der Waals surface area contributed by atoms with Crippen molar-refractivity contribution in [2.24, 2.45) is 5.16 Å². The Morgan fingerprint density at radius 1 is 1.36 bits per heavy atom. The van der Waals surface area contributed by atoms with Crippen molar-refractivity contribution in [3.63, 3.8) is 0 Å². The van der Waals surface area contributed by atoms with Crippen molar-refractivity contribution in [1.82, 2.24) is 0 Å². The van der Waals surface area contributed by atoms with Gasteiger partial charge >= 0.3 is 0 Å². The molecule has 0 unspecified atom stereocenters. The molecule has 0 saturated heterocycles. The highest BCUT2D eigenvalue weighted by atomic mass is 32.2. The fourth-order valence-corrected chi connectivity index (χ4v) is 2.16. The van der Waals surface area contributed by atoms with E-state index in [-0.39, 0.29) is 0 Å². The number of hydrogen-bond acceptors (Lipinski definition) is 3. The Balaban J connectivity index is 2.55. The van der Waals surface area contributed by atoms with Gasteiger partial charge in [0.2, 0.25) is 0 Å². The van der Waals surface area contributed by atoms with Crippen LogP contribution >= 0.6 is 11.8 Å². The number of fused-ring (bicyclic) bond motifs is 1. The van der Waals surface area contributed by atoms with Gasteiger partial charge < -0.3 is 5.21 Å². The van der Waals surface area contributed by atoms with E-state index in [1.165, 1.54) is 4.90 Å². The summed E-state index contributed by atoms with van der Waals surface area (Å²) in [7, 11) is 0. The summed E-state index contributed by atoms with van der Waals surface area (Å²) in [5.41, 5.74) is 1.85. The van der Waals surface area contributed by atoms with E-state index < -0.39 is 0 Å². The Bertz CT molecular complexity index is 309. The van der Waals surface area contributed by atoms with Gasteiger partial charge in [-0.3, -0.25) is 0 Å². The standard InChI is InChI=1S/C8H7NOS/c10-9-7-5-11-8-4-2-1-3-6(7)8/h1-4,10H,5H2/b9-7-. The Morgan fingerprint density at radius 3 is 3.00 bits per heavy atom. The van der Waals surface area contributed by atoms with Gasteiger partial charge in [-0.25, -0.2) is 0 Å². The molecule has 1 aliphatic rings. The third-order valence-corrected chi connectivity index (χ3v) is 2.77. The molecule has 1 N–H and O–H groups in total. The van der Waals surface area contributed by atoms with E-state index in [4.69, 9.17) is 5.21 Å². The van der Waals surface area contributed by atoms with Crippen LogP contribution in [0.1, 0.15) is 5.56 Å². The van der Waals surface area contributed by atoms with Crippen LogP contribution in [0.15, 0.2) is 34.3 Å². The molecular weight excluding hydrogens is 158 g/mol. The summed E-state index contributed by atoms with van der Waals surface area (Å²) in [6, 6.07) is 7.96. The van der Waals surface area contributed by atoms with Crippen LogP contribution < -0.4 is 0 Å². The summed E-state index contributed by atoms with van der Waals surface area (Å²) in [5.74, 6) is 0.788. The molecule has 3 heteroatoms. The average molecular weight is 165 g/mol. The molecule has 0 fully saturated rings. The number of nitrogens with zero attached hydrogens (tertiary/aromatic N) is 1. The van der Waals surface area contributed by atoms with E-state index in [1.54, 1.807) is 11.8 Å². The first-order valence-electron chi connectivity index (χ1n) is 3.35. The Morgan fingerprint density at radius 2 is 2.18 bits per heavy atom. The van der Waals surface area contributed by atoms with Crippen LogP contribution in [0.2, 0.25) is 0 Å². The quantitative estimate of drug-likeness (QED) is 0.471. The highest BCUT2D eigenvalue weighted by Gasteiger charge is 2.17. The van der Waals surface area contributed by atoms with Crippen LogP contribution in [0.5, 0.6) is 0 Å². The number of hydrogen-bond donors (Lipinski definition) is 1. The minimum absolute atomic E-state index is 0.783. The van der Waals surface area contributed by atoms with Crippen LogP contribution in [0.4, 0.5) is 0 Å². The van der Waals surface area contributed by atoms with Gasteiger partial charge in [-0.15, -0.1) is 11.8 Å². The molecule has 0 bridgehead atoms. The van der Waals surface area contributed by atoms with Crippen molar-refractivity contribution in [2.45, 2.75) is 4.90 Å². The number of benzene rings is 1. The summed E-state index contributed by atoms with van der Waals surface area (Å²) in [5, 5.41) is 11.8. The first-order chi connectivity index (χ1) is 5.42. The lowest BCUT2D eigenvalue weighted by atomic mass is 10.1. The molecule has 0 atom stereocenters. The summed E-state index contributed by atoms with van der Waals surface area (Å²) in [4.78, 5) is 1.21. The van der Waals surface area contributed by atoms with E-state index in [2.05, 4.69) is 5.16 Å². The van der Waals surface area contributed by atoms with Crippen molar-refractivity contribution < 1.29 is 5.21 Å². The van der Waals surface area contributed by atoms with E-state index in [9.17, 15) is 0 Å². The molecule has 0 saturated carbocycles. The topological polar surface area (TPSA) is 32.6 Å². The smallest absolute Gasteiger partial charge is 0.0981 e. The molecule has 2 nitrogen and oxygen atoms in total. The van der Waals surface area contributed by atoms with Crippen molar-refractivity contribution >= 4 is 17.5 Å². The zero-order valence-electron chi connectivity index (χ0n) is 5.82. The van der Waals surface area contributed by atoms with E-state index in [0.717, 1.165) is 17.0 Å². The fraction of sp³-hybridized carbons (Fsp3) is 0.125. The predicted molar refractivity (Wildman–Crippen MR) is 45.5 cm³/mol. The predicted octanol–water partition coefficient (Wildman–Crippen LogP) is 1.97. The first-order valence-corrected chi connectivity index (χ1v) is 4.33. The van der Waals surface area contributed by atoms with Gasteiger partial charge in [0.1, 0.15) is 0 Å². The van der Waals surface area contributed by atoms with Gasteiger partial charge in [-0.05, 0) is 6.07 Å². The summed E-state index contributed by atoms with van der Waals surface area (Å²) < 4.78 is 0. The number of thioether (sulfide) groups is 1. The molecular formula is C8H7NOS. The highest BCUT2D eigenvalue weighted by Crippen LogP contribution is 2.30. The van der Waals surface area contributed by atoms with Crippen LogP contribution in [0.3, 0.4) is 0 Å². The Labute approximate surface area is 68.9 Å². The number of oxime groups is 1. The first kappa shape index (κ1) is 6.73. The summed E-state index contributed by atoms with van der Waals surface area (Å²) in [6.45, 7) is 0. The van der Waals surface area contributed by atoms with Crippen molar-refractivity contribution in [2.75, 3.05) is 5.75 Å². The van der Waals surface area contributed by atoms with Crippen molar-refractivity contribution in [1.29, 1.82) is 0 Å². The lowest BCUT2D eigenvalue weighted by Crippen LogP contribution is -1.96. The van der Waals surface area contributed by atoms with E-state index in [0.29, 0.717) is 0 Å². The second-order valence-corrected chi connectivity index (χ2v) is 3.35. The Hall–Kier alpha value is -0.960. The molecule has 56 valence electrons. The van der Waals surface area contributed by atoms with Crippen LogP contribution in [0, 0.1) is 0 Å². The molecule has 1 aliphatic heterocycles. The SMILES string of the molecule is O/N=C1/CSc2ccccc21. The third kappa shape index (κ3) is 1.01. The molecule has 0 radical (unpaired) electrons. The van der Waals surface area contributed by atoms with Gasteiger partial charge in [0.15, 0.2) is 0 Å². The van der Waals surface area contributed by atoms with Gasteiger partial charge in [0.05, 0.1) is 5.71 Å². The lowest BCUT2D eigenvalue weighted by molar-refractivity contribution is 0.319. The van der Waals surface area contributed by atoms with Gasteiger partial charge in [0, 0.05) is 16.2 Å². The molecule has 11 heavy (non-hydrogen) atoms. The second kappa shape index (κ2) is 2.58. The summed E-state index contributed by atoms with van der Waals surface area (Å²) in [6.07, 6.45) is 0. The van der Waals surface area contributed by atoms with Gasteiger partial charge in [0.25, 0.3) is 0 Å². The van der Waals surface area contributed by atoms with E-state index >= 15 is 0 Å². The molecule has 1 heterocycles. The van der Waals surface area contributed by atoms with Crippen LogP contribution in [-0.4, -0.2) is 16.7 Å². The maximum atomic E-state index is 8.59. The zero-order chi connectivity index (χ0) is 7.68. The number of rotatable bonds is 0. The lowest BCUT2D eigenvalue weighted by Gasteiger charge is -1.93. The molecule has 1 aromatic rings. The molecule has 2 rings (SSSR count). The molecule has 0 spiro atoms. The average Bonchev–Trinajstić information content (AvgIpc) is 2.47. The third-order valence-electron chi connectivity index (χ3n) is 1.68. The normalized spacial score (nSPS) is 18.7. The van der Waals surface area contributed by atoms with E-state index in [1.807, 2.05) is 24.3 Å². The van der Waals surface area contributed by atoms with Gasteiger partial charge in [-0.2, -0.15) is 0 Å². The molecule has 0 aliphatic carbocycles. The fourth-order valence-electron chi connectivity index (χ4n) is 1.14. The van der Waals surface area contributed by atoms with Crippen molar-refractivity contribution in [3.05, 3.63) is 29.8 Å². The highest BCUT2D eigenvalue weighted by molar-refractivity contribution is 8.00.